The first-order valence-corrected chi connectivity index (χ1v) is 23.8. The van der Waals surface area contributed by atoms with E-state index in [1.807, 2.05) is 20.8 Å². The molecular weight excluding hydrogens is 429 g/mol. The Kier molecular flexibility index (Phi) is 12.9. The molecule has 0 radical (unpaired) electrons. The van der Waals surface area contributed by atoms with E-state index in [0.29, 0.717) is 19.8 Å². The summed E-state index contributed by atoms with van der Waals surface area (Å²) >= 11 is 0. The van der Waals surface area contributed by atoms with Crippen LogP contribution in [0.2, 0.25) is 65.0 Å². The summed E-state index contributed by atoms with van der Waals surface area (Å²) in [6, 6.07) is 0.912. The molecule has 5 nitrogen and oxygen atoms in total. The monoisotopic (exact) mass is 480 g/mol. The van der Waals surface area contributed by atoms with Crippen molar-refractivity contribution >= 4 is 33.5 Å². The number of rotatable bonds is 16. The lowest BCUT2D eigenvalue weighted by Crippen LogP contribution is -2.62. The zero-order chi connectivity index (χ0) is 22.9. The Morgan fingerprint density at radius 3 is 1.28 bits per heavy atom. The third kappa shape index (κ3) is 11.2. The van der Waals surface area contributed by atoms with Gasteiger partial charge in [0, 0.05) is 32.4 Å². The van der Waals surface area contributed by atoms with Crippen molar-refractivity contribution < 1.29 is 13.3 Å². The van der Waals surface area contributed by atoms with E-state index >= 15 is 0 Å². The molecule has 0 saturated heterocycles. The zero-order valence-electron chi connectivity index (χ0n) is 21.8. The summed E-state index contributed by atoms with van der Waals surface area (Å²) in [4.78, 5) is 0. The minimum absolute atomic E-state index is 0.658. The van der Waals surface area contributed by atoms with Gasteiger partial charge in [0.2, 0.25) is 0 Å². The van der Waals surface area contributed by atoms with Crippen LogP contribution >= 0.6 is 0 Å². The smallest absolute Gasteiger partial charge is 0.374 e. The molecule has 29 heavy (non-hydrogen) atoms. The number of hydrogen-bond acceptors (Lipinski definition) is 5. The molecule has 0 heterocycles. The lowest BCUT2D eigenvalue weighted by molar-refractivity contribution is 0.0704. The maximum atomic E-state index is 6.06. The van der Waals surface area contributed by atoms with Crippen LogP contribution in [0.25, 0.3) is 0 Å². The fourth-order valence-electron chi connectivity index (χ4n) is 4.17. The Morgan fingerprint density at radius 1 is 0.552 bits per heavy atom. The van der Waals surface area contributed by atoms with Gasteiger partial charge in [-0.2, -0.15) is 0 Å². The minimum atomic E-state index is -2.53. The van der Waals surface area contributed by atoms with Crippen molar-refractivity contribution in [1.29, 1.82) is 0 Å². The third-order valence-corrected chi connectivity index (χ3v) is 18.4. The van der Waals surface area contributed by atoms with Gasteiger partial charge in [0.15, 0.2) is 0 Å². The van der Waals surface area contributed by atoms with Gasteiger partial charge >= 0.3 is 8.80 Å². The molecule has 0 bridgehead atoms. The van der Waals surface area contributed by atoms with Crippen LogP contribution in [0.1, 0.15) is 27.2 Å². The fourth-order valence-corrected chi connectivity index (χ4v) is 18.0. The van der Waals surface area contributed by atoms with E-state index in [4.69, 9.17) is 13.3 Å². The summed E-state index contributed by atoms with van der Waals surface area (Å²) in [6.45, 7) is 34.0. The second kappa shape index (κ2) is 12.6. The maximum absolute atomic E-state index is 6.06. The zero-order valence-corrected chi connectivity index (χ0v) is 25.8. The summed E-state index contributed by atoms with van der Waals surface area (Å²) in [5.41, 5.74) is 0. The molecule has 0 aliphatic rings. The highest BCUT2D eigenvalue weighted by atomic mass is 28.4. The summed E-state index contributed by atoms with van der Waals surface area (Å²) in [7, 11) is -6.55. The Balaban J connectivity index is 5.14. The summed E-state index contributed by atoms with van der Waals surface area (Å²) in [5, 5.41) is 0. The first-order valence-electron chi connectivity index (χ1n) is 11.6. The average Bonchev–Trinajstić information content (AvgIpc) is 2.50. The first-order chi connectivity index (χ1) is 13.1. The molecule has 0 fully saturated rings. The molecular formula is C20H52N2O3Si4. The predicted molar refractivity (Wildman–Crippen MR) is 138 cm³/mol. The van der Waals surface area contributed by atoms with Gasteiger partial charge in [-0.25, -0.2) is 0 Å². The third-order valence-electron chi connectivity index (χ3n) is 5.17. The topological polar surface area (TPSA) is 34.2 Å². The molecule has 176 valence electrons. The summed E-state index contributed by atoms with van der Waals surface area (Å²) < 4.78 is 23.9. The molecule has 0 aromatic carbocycles. The Bertz CT molecular complexity index is 417. The molecule has 0 amide bonds. The van der Waals surface area contributed by atoms with Gasteiger partial charge in [-0.3, -0.25) is 0 Å². The first kappa shape index (κ1) is 29.7. The van der Waals surface area contributed by atoms with Gasteiger partial charge < -0.3 is 22.1 Å². The largest absolute Gasteiger partial charge is 0.500 e. The molecule has 0 spiro atoms. The van der Waals surface area contributed by atoms with Gasteiger partial charge in [0.1, 0.15) is 24.7 Å². The number of nitrogens with zero attached hydrogens (tertiary/aromatic N) is 2. The van der Waals surface area contributed by atoms with Gasteiger partial charge in [-0.15, -0.1) is 0 Å². The molecule has 0 N–H and O–H groups in total. The average molecular weight is 481 g/mol. The molecule has 0 aromatic heterocycles. The Hall–Kier alpha value is 0.668. The Morgan fingerprint density at radius 2 is 0.966 bits per heavy atom. The normalized spacial score (nSPS) is 14.3. The molecule has 0 unspecified atom stereocenters. The van der Waals surface area contributed by atoms with E-state index in [2.05, 4.69) is 67.7 Å². The second-order valence-electron chi connectivity index (χ2n) is 10.7. The van der Waals surface area contributed by atoms with E-state index in [1.54, 1.807) is 0 Å². The lowest BCUT2D eigenvalue weighted by atomic mass is 10.4. The van der Waals surface area contributed by atoms with Crippen LogP contribution in [0, 0.1) is 0 Å². The second-order valence-corrected chi connectivity index (χ2v) is 28.7. The number of hydrogen-bond donors (Lipinski definition) is 0. The molecule has 0 aliphatic heterocycles. The van der Waals surface area contributed by atoms with Crippen molar-refractivity contribution in [3.63, 3.8) is 0 Å². The van der Waals surface area contributed by atoms with Gasteiger partial charge in [-0.05, 0) is 40.3 Å². The van der Waals surface area contributed by atoms with E-state index in [-0.39, 0.29) is 0 Å². The molecule has 0 aliphatic carbocycles. The van der Waals surface area contributed by atoms with Crippen molar-refractivity contribution in [3.8, 4) is 0 Å². The SMILES string of the molecule is CCO[Si](CCCN(CCN([Si](C)(C)C)[Si](C)(C)C)[Si](C)(C)C)(OCC)OCC. The highest BCUT2D eigenvalue weighted by Crippen LogP contribution is 2.22. The highest BCUT2D eigenvalue weighted by molar-refractivity contribution is 6.89. The van der Waals surface area contributed by atoms with E-state index in [9.17, 15) is 0 Å². The van der Waals surface area contributed by atoms with Crippen molar-refractivity contribution in [2.75, 3.05) is 39.5 Å². The van der Waals surface area contributed by atoms with E-state index in [0.717, 1.165) is 19.0 Å². The van der Waals surface area contributed by atoms with Crippen molar-refractivity contribution in [2.24, 2.45) is 0 Å². The lowest BCUT2D eigenvalue weighted by Gasteiger charge is -2.46. The van der Waals surface area contributed by atoms with Crippen LogP contribution in [-0.2, 0) is 13.3 Å². The van der Waals surface area contributed by atoms with Crippen molar-refractivity contribution in [3.05, 3.63) is 0 Å². The maximum Gasteiger partial charge on any atom is 0.500 e. The van der Waals surface area contributed by atoms with Crippen LogP contribution in [0.3, 0.4) is 0 Å². The van der Waals surface area contributed by atoms with Crippen LogP contribution in [0.4, 0.5) is 0 Å². The van der Waals surface area contributed by atoms with Crippen LogP contribution < -0.4 is 0 Å². The molecule has 0 aromatic rings. The van der Waals surface area contributed by atoms with Crippen LogP contribution in [-0.4, -0.2) is 81.8 Å². The van der Waals surface area contributed by atoms with Crippen molar-refractivity contribution in [2.45, 2.75) is 92.2 Å². The quantitative estimate of drug-likeness (QED) is 0.271. The van der Waals surface area contributed by atoms with Gasteiger partial charge in [0.05, 0.1) is 0 Å². The van der Waals surface area contributed by atoms with Gasteiger partial charge in [-0.1, -0.05) is 58.9 Å². The standard InChI is InChI=1S/C20H52N2O3Si4/c1-13-23-29(24-14-2,25-15-3)20-16-17-21(26(4,5)6)18-19-22(27(7,8)9)28(10,11)12/h13-20H2,1-12H3. The molecule has 0 saturated carbocycles. The van der Waals surface area contributed by atoms with E-state index < -0.39 is 33.5 Å². The summed E-state index contributed by atoms with van der Waals surface area (Å²) in [6.07, 6.45) is 1.08. The molecule has 9 heteroatoms. The predicted octanol–water partition coefficient (Wildman–Crippen LogP) is 5.53. The van der Waals surface area contributed by atoms with Crippen LogP contribution in [0.5, 0.6) is 0 Å². The van der Waals surface area contributed by atoms with Gasteiger partial charge in [0.25, 0.3) is 0 Å². The van der Waals surface area contributed by atoms with E-state index in [1.165, 1.54) is 13.1 Å². The Labute approximate surface area is 187 Å². The summed E-state index contributed by atoms with van der Waals surface area (Å²) in [5.74, 6) is 0. The fraction of sp³-hybridized carbons (Fsp3) is 1.00. The minimum Gasteiger partial charge on any atom is -0.374 e. The van der Waals surface area contributed by atoms with Crippen molar-refractivity contribution in [1.82, 2.24) is 8.80 Å². The highest BCUT2D eigenvalue weighted by Gasteiger charge is 2.40. The molecule has 0 atom stereocenters. The van der Waals surface area contributed by atoms with Crippen LogP contribution in [0.15, 0.2) is 0 Å². The molecule has 0 rings (SSSR count).